The van der Waals surface area contributed by atoms with Gasteiger partial charge in [-0.25, -0.2) is 0 Å². The number of nitrogens with zero attached hydrogens (tertiary/aromatic N) is 2. The molecule has 4 fully saturated rings. The minimum atomic E-state index is -0.537. The molecular weight excluding hydrogens is 495 g/mol. The Balaban J connectivity index is 0.00000304. The topological polar surface area (TPSA) is 56.3 Å². The van der Waals surface area contributed by atoms with Crippen LogP contribution in [0.15, 0.2) is 48.7 Å². The molecule has 36 heavy (non-hydrogen) atoms. The number of hydrogen-bond acceptors (Lipinski definition) is 4. The quantitative estimate of drug-likeness (QED) is 0.313. The summed E-state index contributed by atoms with van der Waals surface area (Å²) < 4.78 is 7.16. The standard InChI is InChI=1S/C29H36ClN2O3.ClH/c30-24-10-11-25(31-19-24)18-26(33)20-32-16-12-22(13-17-32)27(21-32)35-28(34)29(14-6-1-2-7-15-29)23-8-4-3-5-9-23;/h3-5,8-11,19,22,27H,1-2,6-7,12-18,20-21H2;1H/q+1;/p-1/t22?,27-,32?;/m0./s1. The molecule has 4 heterocycles. The van der Waals surface area contributed by atoms with Gasteiger partial charge >= 0.3 is 5.97 Å². The molecule has 6 rings (SSSR count). The number of benzene rings is 1. The van der Waals surface area contributed by atoms with Gasteiger partial charge in [-0.15, -0.1) is 0 Å². The Kier molecular flexibility index (Phi) is 8.75. The number of hydrogen-bond donors (Lipinski definition) is 0. The molecule has 5 nitrogen and oxygen atoms in total. The van der Waals surface area contributed by atoms with Crippen LogP contribution in [0.3, 0.4) is 0 Å². The van der Waals surface area contributed by atoms with Crippen molar-refractivity contribution in [1.29, 1.82) is 0 Å². The third-order valence-electron chi connectivity index (χ3n) is 8.65. The predicted molar refractivity (Wildman–Crippen MR) is 136 cm³/mol. The summed E-state index contributed by atoms with van der Waals surface area (Å²) in [6, 6.07) is 13.9. The molecule has 0 amide bonds. The van der Waals surface area contributed by atoms with Crippen molar-refractivity contribution in [2.24, 2.45) is 5.92 Å². The SMILES string of the molecule is O=C(Cc1ccc(Cl)cn1)C[N+]12CCC(CC1)[C@@H](OC(=O)C1(c3ccccc3)CCCCCC1)C2.[Cl-]. The Hall–Kier alpha value is -1.95. The number of quaternary nitrogens is 1. The van der Waals surface area contributed by atoms with E-state index < -0.39 is 5.41 Å². The molecule has 3 aliphatic heterocycles. The van der Waals surface area contributed by atoms with Crippen molar-refractivity contribution in [2.45, 2.75) is 69.3 Å². The smallest absolute Gasteiger partial charge is 0.317 e. The number of pyridine rings is 1. The molecule has 4 aliphatic rings. The number of carbonyl (C=O) groups excluding carboxylic acids is 2. The van der Waals surface area contributed by atoms with Crippen LogP contribution in [0, 0.1) is 5.92 Å². The van der Waals surface area contributed by atoms with Crippen LogP contribution in [0.2, 0.25) is 5.02 Å². The van der Waals surface area contributed by atoms with Crippen molar-refractivity contribution in [3.63, 3.8) is 0 Å². The maximum absolute atomic E-state index is 13.9. The summed E-state index contributed by atoms with van der Waals surface area (Å²) in [4.78, 5) is 31.2. The van der Waals surface area contributed by atoms with Crippen molar-refractivity contribution in [2.75, 3.05) is 26.2 Å². The van der Waals surface area contributed by atoms with Crippen molar-refractivity contribution in [3.05, 3.63) is 64.9 Å². The fraction of sp³-hybridized carbons (Fsp3) is 0.552. The number of ketones is 1. The van der Waals surface area contributed by atoms with E-state index in [1.54, 1.807) is 12.3 Å². The summed E-state index contributed by atoms with van der Waals surface area (Å²) in [6.07, 6.45) is 10.0. The highest BCUT2D eigenvalue weighted by molar-refractivity contribution is 6.30. The highest BCUT2D eigenvalue weighted by Gasteiger charge is 2.50. The van der Waals surface area contributed by atoms with Crippen LogP contribution in [0.4, 0.5) is 0 Å². The van der Waals surface area contributed by atoms with Crippen LogP contribution < -0.4 is 12.4 Å². The molecule has 2 aromatic rings. The zero-order chi connectivity index (χ0) is 24.3. The monoisotopic (exact) mass is 530 g/mol. The first-order valence-corrected chi connectivity index (χ1v) is 13.6. The van der Waals surface area contributed by atoms with Gasteiger partial charge < -0.3 is 21.6 Å². The second kappa shape index (κ2) is 11.6. The van der Waals surface area contributed by atoms with E-state index in [-0.39, 0.29) is 30.3 Å². The molecule has 0 unspecified atom stereocenters. The second-order valence-electron chi connectivity index (χ2n) is 11.0. The molecule has 194 valence electrons. The second-order valence-corrected chi connectivity index (χ2v) is 11.4. The normalized spacial score (nSPS) is 26.9. The maximum Gasteiger partial charge on any atom is 0.317 e. The molecule has 1 aromatic carbocycles. The Bertz CT molecular complexity index is 1030. The average molecular weight is 532 g/mol. The number of halogens is 2. The van der Waals surface area contributed by atoms with Crippen molar-refractivity contribution in [3.8, 4) is 0 Å². The predicted octanol–water partition coefficient (Wildman–Crippen LogP) is 2.30. The van der Waals surface area contributed by atoms with Gasteiger partial charge in [-0.3, -0.25) is 14.6 Å². The van der Waals surface area contributed by atoms with Gasteiger partial charge in [-0.1, -0.05) is 67.6 Å². The first-order chi connectivity index (χ1) is 17.0. The first kappa shape index (κ1) is 27.1. The summed E-state index contributed by atoms with van der Waals surface area (Å²) in [5.74, 6) is 0.555. The minimum absolute atomic E-state index is 0. The largest absolute Gasteiger partial charge is 1.00 e. The third kappa shape index (κ3) is 5.79. The summed E-state index contributed by atoms with van der Waals surface area (Å²) in [6.45, 7) is 3.21. The van der Waals surface area contributed by atoms with Gasteiger partial charge in [0, 0.05) is 30.7 Å². The fourth-order valence-corrected chi connectivity index (χ4v) is 6.78. The lowest BCUT2D eigenvalue weighted by atomic mass is 9.74. The molecule has 1 saturated carbocycles. The Morgan fingerprint density at radius 2 is 1.69 bits per heavy atom. The number of rotatable bonds is 7. The maximum atomic E-state index is 13.9. The van der Waals surface area contributed by atoms with Crippen LogP contribution in [-0.4, -0.2) is 53.5 Å². The van der Waals surface area contributed by atoms with E-state index in [1.165, 1.54) is 12.8 Å². The van der Waals surface area contributed by atoms with Gasteiger partial charge in [-0.2, -0.15) is 0 Å². The van der Waals surface area contributed by atoms with E-state index in [1.807, 2.05) is 24.3 Å². The Labute approximate surface area is 225 Å². The molecule has 2 bridgehead atoms. The number of aromatic nitrogens is 1. The summed E-state index contributed by atoms with van der Waals surface area (Å²) >= 11 is 5.93. The van der Waals surface area contributed by atoms with E-state index in [0.717, 1.165) is 73.9 Å². The van der Waals surface area contributed by atoms with Crippen molar-refractivity contribution < 1.29 is 31.2 Å². The van der Waals surface area contributed by atoms with Crippen LogP contribution >= 0.6 is 11.6 Å². The van der Waals surface area contributed by atoms with Crippen LogP contribution in [0.5, 0.6) is 0 Å². The van der Waals surface area contributed by atoms with Gasteiger partial charge in [0.15, 0.2) is 11.9 Å². The van der Waals surface area contributed by atoms with E-state index in [2.05, 4.69) is 17.1 Å². The summed E-state index contributed by atoms with van der Waals surface area (Å²) in [7, 11) is 0. The Morgan fingerprint density at radius 3 is 2.33 bits per heavy atom. The lowest BCUT2D eigenvalue weighted by molar-refractivity contribution is -0.939. The number of Topliss-reactive ketones (excluding diaryl/α,β-unsaturated/α-hetero) is 1. The lowest BCUT2D eigenvalue weighted by Crippen LogP contribution is -3.00. The minimum Gasteiger partial charge on any atom is -1.00 e. The van der Waals surface area contributed by atoms with Gasteiger partial charge in [0.25, 0.3) is 0 Å². The molecule has 3 saturated heterocycles. The molecule has 0 N–H and O–H groups in total. The summed E-state index contributed by atoms with van der Waals surface area (Å²) in [5.41, 5.74) is 1.32. The zero-order valence-electron chi connectivity index (χ0n) is 20.8. The number of carbonyl (C=O) groups is 2. The summed E-state index contributed by atoms with van der Waals surface area (Å²) in [5, 5.41) is 0.577. The van der Waals surface area contributed by atoms with Crippen LogP contribution in [-0.2, 0) is 26.2 Å². The molecule has 1 aliphatic carbocycles. The molecule has 7 heteroatoms. The Morgan fingerprint density at radius 1 is 1.00 bits per heavy atom. The number of fused-ring (bicyclic) bond motifs is 3. The average Bonchev–Trinajstić information content (AvgIpc) is 3.14. The molecular formula is C29H36Cl2N2O3. The lowest BCUT2D eigenvalue weighted by Gasteiger charge is -2.52. The third-order valence-corrected chi connectivity index (χ3v) is 8.88. The number of ether oxygens (including phenoxy) is 1. The zero-order valence-corrected chi connectivity index (χ0v) is 22.4. The van der Waals surface area contributed by atoms with Gasteiger partial charge in [0.05, 0.1) is 29.9 Å². The molecule has 0 radical (unpaired) electrons. The number of esters is 1. The van der Waals surface area contributed by atoms with Gasteiger partial charge in [0.1, 0.15) is 13.1 Å². The molecule has 1 aromatic heterocycles. The highest BCUT2D eigenvalue weighted by Crippen LogP contribution is 2.42. The molecule has 1 atom stereocenters. The molecule has 0 spiro atoms. The van der Waals surface area contributed by atoms with Crippen LogP contribution in [0.1, 0.15) is 62.6 Å². The van der Waals surface area contributed by atoms with E-state index in [4.69, 9.17) is 16.3 Å². The van der Waals surface area contributed by atoms with E-state index in [9.17, 15) is 9.59 Å². The van der Waals surface area contributed by atoms with Crippen molar-refractivity contribution in [1.82, 2.24) is 4.98 Å². The van der Waals surface area contributed by atoms with Crippen molar-refractivity contribution >= 4 is 23.4 Å². The highest BCUT2D eigenvalue weighted by atomic mass is 35.5. The van der Waals surface area contributed by atoms with Gasteiger partial charge in [-0.05, 0) is 30.5 Å². The number of piperidine rings is 3. The van der Waals surface area contributed by atoms with Gasteiger partial charge in [0.2, 0.25) is 0 Å². The first-order valence-electron chi connectivity index (χ1n) is 13.2. The van der Waals surface area contributed by atoms with E-state index >= 15 is 0 Å². The fourth-order valence-electron chi connectivity index (χ4n) is 6.67. The van der Waals surface area contributed by atoms with E-state index in [0.29, 0.717) is 23.9 Å². The van der Waals surface area contributed by atoms with Crippen LogP contribution in [0.25, 0.3) is 0 Å².